The van der Waals surface area contributed by atoms with Gasteiger partial charge in [-0.15, -0.1) is 0 Å². The topological polar surface area (TPSA) is 29.3 Å². The third kappa shape index (κ3) is 2.98. The highest BCUT2D eigenvalue weighted by Gasteiger charge is 2.45. The van der Waals surface area contributed by atoms with Crippen molar-refractivity contribution >= 4 is 21.6 Å². The van der Waals surface area contributed by atoms with Crippen LogP contribution in [-0.4, -0.2) is 23.7 Å². The Balaban J connectivity index is 2.15. The summed E-state index contributed by atoms with van der Waals surface area (Å²) in [5, 5.41) is 0. The number of nitrogen functional groups attached to an aromatic ring is 1. The molecule has 6 heteroatoms. The summed E-state index contributed by atoms with van der Waals surface area (Å²) in [5.74, 6) is 0. The molecule has 2 rings (SSSR count). The monoisotopic (exact) mass is 322 g/mol. The second-order valence-corrected chi connectivity index (χ2v) is 5.38. The van der Waals surface area contributed by atoms with Crippen LogP contribution in [0.25, 0.3) is 0 Å². The third-order valence-corrected chi connectivity index (χ3v) is 3.96. The average molecular weight is 323 g/mol. The Labute approximate surface area is 112 Å². The molecule has 0 unspecified atom stereocenters. The number of nitrogens with two attached hydrogens (primary N) is 1. The number of benzene rings is 1. The Bertz CT molecular complexity index is 434. The normalized spacial score (nSPS) is 21.4. The molecule has 1 aromatic carbocycles. The zero-order valence-electron chi connectivity index (χ0n) is 9.67. The molecule has 1 saturated heterocycles. The van der Waals surface area contributed by atoms with Gasteiger partial charge in [0.25, 0.3) is 0 Å². The van der Waals surface area contributed by atoms with Gasteiger partial charge in [-0.2, -0.15) is 13.2 Å². The van der Waals surface area contributed by atoms with E-state index in [1.807, 2.05) is 0 Å². The second kappa shape index (κ2) is 5.09. The number of hydrogen-bond donors (Lipinski definition) is 1. The molecule has 1 aromatic rings. The highest BCUT2D eigenvalue weighted by atomic mass is 79.9. The summed E-state index contributed by atoms with van der Waals surface area (Å²) < 4.78 is 39.2. The van der Waals surface area contributed by atoms with Crippen molar-refractivity contribution in [2.45, 2.75) is 31.6 Å². The van der Waals surface area contributed by atoms with E-state index in [9.17, 15) is 13.2 Å². The van der Waals surface area contributed by atoms with Gasteiger partial charge in [0.05, 0.1) is 0 Å². The van der Waals surface area contributed by atoms with Crippen LogP contribution in [0, 0.1) is 0 Å². The highest BCUT2D eigenvalue weighted by molar-refractivity contribution is 9.10. The first-order chi connectivity index (χ1) is 8.38. The van der Waals surface area contributed by atoms with Crippen molar-refractivity contribution in [2.24, 2.45) is 0 Å². The zero-order valence-corrected chi connectivity index (χ0v) is 11.3. The average Bonchev–Trinajstić information content (AvgIpc) is 2.71. The number of rotatable bonds is 2. The second-order valence-electron chi connectivity index (χ2n) is 4.52. The van der Waals surface area contributed by atoms with E-state index in [4.69, 9.17) is 5.73 Å². The molecule has 0 saturated carbocycles. The van der Waals surface area contributed by atoms with Crippen LogP contribution in [0.15, 0.2) is 22.7 Å². The number of hydrogen-bond acceptors (Lipinski definition) is 2. The molecule has 1 heterocycles. The van der Waals surface area contributed by atoms with E-state index in [2.05, 4.69) is 15.9 Å². The van der Waals surface area contributed by atoms with Crippen LogP contribution in [0.2, 0.25) is 0 Å². The summed E-state index contributed by atoms with van der Waals surface area (Å²) in [6, 6.07) is 3.88. The quantitative estimate of drug-likeness (QED) is 0.843. The lowest BCUT2D eigenvalue weighted by Crippen LogP contribution is -2.40. The van der Waals surface area contributed by atoms with Crippen LogP contribution >= 0.6 is 15.9 Å². The fourth-order valence-electron chi connectivity index (χ4n) is 2.32. The molecular weight excluding hydrogens is 309 g/mol. The van der Waals surface area contributed by atoms with E-state index in [1.54, 1.807) is 18.2 Å². The van der Waals surface area contributed by atoms with Crippen molar-refractivity contribution < 1.29 is 13.2 Å². The van der Waals surface area contributed by atoms with Gasteiger partial charge in [-0.25, -0.2) is 0 Å². The summed E-state index contributed by atoms with van der Waals surface area (Å²) in [6.07, 6.45) is -3.38. The number of likely N-dealkylation sites (tertiary alicyclic amines) is 1. The largest absolute Gasteiger partial charge is 0.404 e. The fraction of sp³-hybridized carbons (Fsp3) is 0.500. The molecule has 100 valence electrons. The SMILES string of the molecule is Nc1ccc(Br)c(CN2CCC[C@H]2C(F)(F)F)c1. The lowest BCUT2D eigenvalue weighted by atomic mass is 10.1. The predicted molar refractivity (Wildman–Crippen MR) is 68.0 cm³/mol. The lowest BCUT2D eigenvalue weighted by Gasteiger charge is -2.26. The fourth-order valence-corrected chi connectivity index (χ4v) is 2.69. The van der Waals surface area contributed by atoms with Crippen LogP contribution in [0.1, 0.15) is 18.4 Å². The summed E-state index contributed by atoms with van der Waals surface area (Å²) in [5.41, 5.74) is 7.02. The highest BCUT2D eigenvalue weighted by Crippen LogP contribution is 2.34. The van der Waals surface area contributed by atoms with Crippen molar-refractivity contribution in [1.29, 1.82) is 0 Å². The molecular formula is C12H14BrF3N2. The smallest absolute Gasteiger partial charge is 0.399 e. The van der Waals surface area contributed by atoms with E-state index >= 15 is 0 Å². The van der Waals surface area contributed by atoms with E-state index in [0.29, 0.717) is 18.7 Å². The minimum Gasteiger partial charge on any atom is -0.399 e. The van der Waals surface area contributed by atoms with E-state index < -0.39 is 12.2 Å². The molecule has 1 atom stereocenters. The molecule has 0 aromatic heterocycles. The van der Waals surface area contributed by atoms with Crippen LogP contribution in [0.5, 0.6) is 0 Å². The first kappa shape index (κ1) is 13.7. The maximum absolute atomic E-state index is 12.8. The molecule has 18 heavy (non-hydrogen) atoms. The Morgan fingerprint density at radius 2 is 2.11 bits per heavy atom. The molecule has 0 bridgehead atoms. The van der Waals surface area contributed by atoms with Gasteiger partial charge < -0.3 is 5.73 Å². The van der Waals surface area contributed by atoms with Gasteiger partial charge in [-0.1, -0.05) is 15.9 Å². The Kier molecular flexibility index (Phi) is 3.87. The molecule has 0 radical (unpaired) electrons. The van der Waals surface area contributed by atoms with Crippen LogP contribution < -0.4 is 5.73 Å². The van der Waals surface area contributed by atoms with Crippen molar-refractivity contribution in [3.05, 3.63) is 28.2 Å². The zero-order chi connectivity index (χ0) is 13.3. The number of halogens is 4. The summed E-state index contributed by atoms with van der Waals surface area (Å²) >= 11 is 3.34. The van der Waals surface area contributed by atoms with E-state index in [0.717, 1.165) is 10.0 Å². The Hall–Kier alpha value is -0.750. The number of anilines is 1. The van der Waals surface area contributed by atoms with Crippen molar-refractivity contribution in [3.8, 4) is 0 Å². The van der Waals surface area contributed by atoms with Crippen molar-refractivity contribution in [2.75, 3.05) is 12.3 Å². The maximum Gasteiger partial charge on any atom is 0.404 e. The first-order valence-electron chi connectivity index (χ1n) is 5.72. The van der Waals surface area contributed by atoms with Gasteiger partial charge in [0.15, 0.2) is 0 Å². The molecule has 1 aliphatic rings. The van der Waals surface area contributed by atoms with Crippen LogP contribution in [0.3, 0.4) is 0 Å². The number of nitrogens with zero attached hydrogens (tertiary/aromatic N) is 1. The van der Waals surface area contributed by atoms with Crippen molar-refractivity contribution in [3.63, 3.8) is 0 Å². The minimum absolute atomic E-state index is 0.184. The van der Waals surface area contributed by atoms with Gasteiger partial charge >= 0.3 is 6.18 Å². The third-order valence-electron chi connectivity index (χ3n) is 3.18. The predicted octanol–water partition coefficient (Wildman–Crippen LogP) is 3.56. The van der Waals surface area contributed by atoms with Crippen LogP contribution in [-0.2, 0) is 6.54 Å². The molecule has 2 N–H and O–H groups in total. The summed E-state index contributed by atoms with van der Waals surface area (Å²) in [7, 11) is 0. The number of alkyl halides is 3. The Morgan fingerprint density at radius 3 is 2.78 bits per heavy atom. The van der Waals surface area contributed by atoms with Gasteiger partial charge in [0.1, 0.15) is 6.04 Å². The van der Waals surface area contributed by atoms with E-state index in [-0.39, 0.29) is 13.0 Å². The molecule has 1 aliphatic heterocycles. The van der Waals surface area contributed by atoms with Gasteiger partial charge in [0, 0.05) is 16.7 Å². The minimum atomic E-state index is -4.15. The summed E-state index contributed by atoms with van der Waals surface area (Å²) in [6.45, 7) is 0.751. The lowest BCUT2D eigenvalue weighted by molar-refractivity contribution is -0.177. The van der Waals surface area contributed by atoms with Gasteiger partial charge in [-0.05, 0) is 43.1 Å². The van der Waals surface area contributed by atoms with Gasteiger partial charge in [-0.3, -0.25) is 4.90 Å². The Morgan fingerprint density at radius 1 is 1.39 bits per heavy atom. The summed E-state index contributed by atoms with van der Waals surface area (Å²) in [4.78, 5) is 1.47. The molecule has 0 spiro atoms. The van der Waals surface area contributed by atoms with E-state index in [1.165, 1.54) is 4.90 Å². The maximum atomic E-state index is 12.8. The van der Waals surface area contributed by atoms with Crippen molar-refractivity contribution in [1.82, 2.24) is 4.90 Å². The van der Waals surface area contributed by atoms with Crippen LogP contribution in [0.4, 0.5) is 18.9 Å². The standard InChI is InChI=1S/C12H14BrF3N2/c13-10-4-3-9(17)6-8(10)7-18-5-1-2-11(18)12(14,15)16/h3-4,6,11H,1-2,5,7,17H2/t11-/m0/s1. The molecule has 2 nitrogen and oxygen atoms in total. The first-order valence-corrected chi connectivity index (χ1v) is 6.52. The van der Waals surface area contributed by atoms with Gasteiger partial charge in [0.2, 0.25) is 0 Å². The molecule has 1 fully saturated rings. The molecule has 0 aliphatic carbocycles. The molecule has 0 amide bonds.